The van der Waals surface area contributed by atoms with Crippen molar-refractivity contribution < 1.29 is 4.74 Å². The van der Waals surface area contributed by atoms with E-state index in [1.807, 2.05) is 18.2 Å². The number of pyridine rings is 1. The Morgan fingerprint density at radius 1 is 1.43 bits per heavy atom. The minimum atomic E-state index is 0.251. The number of ether oxygens (including phenoxy) is 1. The highest BCUT2D eigenvalue weighted by Gasteiger charge is 2.51. The van der Waals surface area contributed by atoms with Crippen LogP contribution in [-0.2, 0) is 4.74 Å². The number of nitrogens with zero attached hydrogens (tertiary/aromatic N) is 2. The Morgan fingerprint density at radius 2 is 2.29 bits per heavy atom. The maximum absolute atomic E-state index is 5.65. The average molecular weight is 191 g/mol. The first-order valence-electron chi connectivity index (χ1n) is 4.88. The van der Waals surface area contributed by atoms with Crippen LogP contribution in [-0.4, -0.2) is 30.3 Å². The van der Waals surface area contributed by atoms with Crippen LogP contribution in [0.1, 0.15) is 6.42 Å². The third-order valence-electron chi connectivity index (χ3n) is 3.15. The van der Waals surface area contributed by atoms with Crippen LogP contribution in [0.3, 0.4) is 0 Å². The van der Waals surface area contributed by atoms with Gasteiger partial charge in [-0.3, -0.25) is 0 Å². The largest absolute Gasteiger partial charge is 0.384 e. The van der Waals surface area contributed by atoms with E-state index in [0.717, 1.165) is 25.6 Å². The Balaban J connectivity index is 1.89. The summed E-state index contributed by atoms with van der Waals surface area (Å²) in [5, 5.41) is 0. The van der Waals surface area contributed by atoms with Gasteiger partial charge in [0.15, 0.2) is 0 Å². The average Bonchev–Trinajstić information content (AvgIpc) is 1.99. The summed E-state index contributed by atoms with van der Waals surface area (Å²) in [7, 11) is 0. The first-order chi connectivity index (χ1) is 6.80. The van der Waals surface area contributed by atoms with Crippen LogP contribution in [0.15, 0.2) is 18.2 Å². The van der Waals surface area contributed by atoms with E-state index in [4.69, 9.17) is 10.5 Å². The molecule has 0 aromatic carbocycles. The van der Waals surface area contributed by atoms with Gasteiger partial charge in [-0.05, 0) is 18.6 Å². The molecule has 2 aliphatic heterocycles. The lowest BCUT2D eigenvalue weighted by molar-refractivity contribution is -0.0851. The third kappa shape index (κ3) is 0.944. The fourth-order valence-corrected chi connectivity index (χ4v) is 2.13. The highest BCUT2D eigenvalue weighted by Crippen LogP contribution is 2.40. The van der Waals surface area contributed by atoms with E-state index in [0.29, 0.717) is 5.82 Å². The molecular weight excluding hydrogens is 178 g/mol. The first kappa shape index (κ1) is 8.05. The summed E-state index contributed by atoms with van der Waals surface area (Å²) in [6.45, 7) is 2.74. The second-order valence-electron chi connectivity index (χ2n) is 4.04. The molecule has 14 heavy (non-hydrogen) atoms. The topological polar surface area (TPSA) is 51.4 Å². The molecule has 1 spiro atoms. The zero-order valence-electron chi connectivity index (χ0n) is 7.94. The van der Waals surface area contributed by atoms with Crippen LogP contribution < -0.4 is 10.6 Å². The zero-order valence-corrected chi connectivity index (χ0v) is 7.94. The van der Waals surface area contributed by atoms with Gasteiger partial charge in [0.05, 0.1) is 18.8 Å². The lowest BCUT2D eigenvalue weighted by Gasteiger charge is -2.58. The quantitative estimate of drug-likeness (QED) is 0.708. The van der Waals surface area contributed by atoms with Crippen molar-refractivity contribution in [3.8, 4) is 0 Å². The standard InChI is InChI=1S/C10H13N3O/c11-8-2-1-3-9(12-8)13-5-4-10(13)6-14-7-10/h1-3H,4-7H2,(H2,11,12). The molecular formula is C10H13N3O. The lowest BCUT2D eigenvalue weighted by Crippen LogP contribution is -2.71. The van der Waals surface area contributed by atoms with Crippen molar-refractivity contribution in [1.29, 1.82) is 0 Å². The van der Waals surface area contributed by atoms with Gasteiger partial charge in [-0.2, -0.15) is 0 Å². The van der Waals surface area contributed by atoms with E-state index in [1.54, 1.807) is 0 Å². The molecule has 0 saturated carbocycles. The lowest BCUT2D eigenvalue weighted by atomic mass is 9.83. The number of hydrogen-bond donors (Lipinski definition) is 1. The van der Waals surface area contributed by atoms with Crippen molar-refractivity contribution in [3.63, 3.8) is 0 Å². The van der Waals surface area contributed by atoms with E-state index in [9.17, 15) is 0 Å². The Bertz CT molecular complexity index is 357. The second kappa shape index (κ2) is 2.60. The molecule has 1 aromatic rings. The number of hydrogen-bond acceptors (Lipinski definition) is 4. The molecule has 3 rings (SSSR count). The number of rotatable bonds is 1. The molecule has 4 nitrogen and oxygen atoms in total. The van der Waals surface area contributed by atoms with Gasteiger partial charge in [0.2, 0.25) is 0 Å². The van der Waals surface area contributed by atoms with Gasteiger partial charge >= 0.3 is 0 Å². The predicted molar refractivity (Wildman–Crippen MR) is 54.2 cm³/mol. The van der Waals surface area contributed by atoms with Crippen molar-refractivity contribution in [2.45, 2.75) is 12.0 Å². The highest BCUT2D eigenvalue weighted by atomic mass is 16.5. The number of anilines is 2. The Hall–Kier alpha value is -1.29. The maximum atomic E-state index is 5.65. The van der Waals surface area contributed by atoms with Gasteiger partial charge in [-0.1, -0.05) is 6.07 Å². The Kier molecular flexibility index (Phi) is 1.50. The minimum absolute atomic E-state index is 0.251. The van der Waals surface area contributed by atoms with Crippen molar-refractivity contribution >= 4 is 11.6 Å². The highest BCUT2D eigenvalue weighted by molar-refractivity contribution is 5.51. The molecule has 0 radical (unpaired) electrons. The summed E-state index contributed by atoms with van der Waals surface area (Å²) < 4.78 is 5.26. The van der Waals surface area contributed by atoms with Gasteiger partial charge in [0.25, 0.3) is 0 Å². The summed E-state index contributed by atoms with van der Waals surface area (Å²) in [6, 6.07) is 5.77. The monoisotopic (exact) mass is 191 g/mol. The van der Waals surface area contributed by atoms with Gasteiger partial charge < -0.3 is 15.4 Å². The summed E-state index contributed by atoms with van der Waals surface area (Å²) in [4.78, 5) is 6.62. The second-order valence-corrected chi connectivity index (χ2v) is 4.04. The normalized spacial score (nSPS) is 23.0. The van der Waals surface area contributed by atoms with E-state index in [2.05, 4.69) is 9.88 Å². The smallest absolute Gasteiger partial charge is 0.131 e. The maximum Gasteiger partial charge on any atom is 0.131 e. The molecule has 0 bridgehead atoms. The summed E-state index contributed by atoms with van der Waals surface area (Å²) in [5.74, 6) is 1.57. The zero-order chi connectivity index (χ0) is 9.60. The molecule has 0 unspecified atom stereocenters. The molecule has 4 heteroatoms. The Labute approximate surface area is 82.7 Å². The molecule has 1 aromatic heterocycles. The molecule has 74 valence electrons. The van der Waals surface area contributed by atoms with E-state index < -0.39 is 0 Å². The van der Waals surface area contributed by atoms with Crippen molar-refractivity contribution in [2.24, 2.45) is 0 Å². The molecule has 3 heterocycles. The van der Waals surface area contributed by atoms with Crippen LogP contribution in [0.5, 0.6) is 0 Å². The molecule has 2 fully saturated rings. The SMILES string of the molecule is Nc1cccc(N2CCC23COC3)n1. The van der Waals surface area contributed by atoms with E-state index in [1.165, 1.54) is 6.42 Å². The molecule has 2 N–H and O–H groups in total. The van der Waals surface area contributed by atoms with Crippen molar-refractivity contribution in [1.82, 2.24) is 4.98 Å². The molecule has 0 atom stereocenters. The van der Waals surface area contributed by atoms with Crippen molar-refractivity contribution in [2.75, 3.05) is 30.4 Å². The first-order valence-corrected chi connectivity index (χ1v) is 4.88. The summed E-state index contributed by atoms with van der Waals surface area (Å²) in [5.41, 5.74) is 5.90. The van der Waals surface area contributed by atoms with Gasteiger partial charge in [0.1, 0.15) is 11.6 Å². The van der Waals surface area contributed by atoms with Crippen LogP contribution >= 0.6 is 0 Å². The van der Waals surface area contributed by atoms with E-state index >= 15 is 0 Å². The van der Waals surface area contributed by atoms with Gasteiger partial charge in [-0.15, -0.1) is 0 Å². The van der Waals surface area contributed by atoms with Crippen LogP contribution in [0.25, 0.3) is 0 Å². The fourth-order valence-electron chi connectivity index (χ4n) is 2.13. The molecule has 0 amide bonds. The minimum Gasteiger partial charge on any atom is -0.384 e. The Morgan fingerprint density at radius 3 is 2.79 bits per heavy atom. The number of nitrogen functional groups attached to an aromatic ring is 1. The summed E-state index contributed by atoms with van der Waals surface area (Å²) >= 11 is 0. The number of nitrogens with two attached hydrogens (primary N) is 1. The van der Waals surface area contributed by atoms with E-state index in [-0.39, 0.29) is 5.54 Å². The van der Waals surface area contributed by atoms with Crippen LogP contribution in [0.2, 0.25) is 0 Å². The number of aromatic nitrogens is 1. The summed E-state index contributed by atoms with van der Waals surface area (Å²) in [6.07, 6.45) is 1.21. The van der Waals surface area contributed by atoms with Gasteiger partial charge in [0, 0.05) is 6.54 Å². The predicted octanol–water partition coefficient (Wildman–Crippen LogP) is 0.643. The van der Waals surface area contributed by atoms with Crippen LogP contribution in [0.4, 0.5) is 11.6 Å². The molecule has 0 aliphatic carbocycles. The van der Waals surface area contributed by atoms with Gasteiger partial charge in [-0.25, -0.2) is 4.98 Å². The third-order valence-corrected chi connectivity index (χ3v) is 3.15. The van der Waals surface area contributed by atoms with Crippen molar-refractivity contribution in [3.05, 3.63) is 18.2 Å². The molecule has 2 saturated heterocycles. The fraction of sp³-hybridized carbons (Fsp3) is 0.500. The molecule has 2 aliphatic rings. The van der Waals surface area contributed by atoms with Crippen LogP contribution in [0, 0.1) is 0 Å².